The summed E-state index contributed by atoms with van der Waals surface area (Å²) in [5.74, 6) is 0.840. The molecule has 5 rings (SSSR count). The number of hydrogen-bond donors (Lipinski definition) is 1. The molecule has 0 unspecified atom stereocenters. The number of rotatable bonds is 6. The highest BCUT2D eigenvalue weighted by Crippen LogP contribution is 2.32. The van der Waals surface area contributed by atoms with Crippen LogP contribution in [-0.4, -0.2) is 43.4 Å². The number of anilines is 3. The molecule has 1 aliphatic rings. The molecule has 0 spiro atoms. The smallest absolute Gasteiger partial charge is 0.187 e. The third-order valence-electron chi connectivity index (χ3n) is 5.11. The summed E-state index contributed by atoms with van der Waals surface area (Å²) in [5, 5.41) is 9.28. The van der Waals surface area contributed by atoms with E-state index in [1.54, 1.807) is 29.8 Å². The van der Waals surface area contributed by atoms with Gasteiger partial charge in [0.25, 0.3) is 0 Å². The number of nitrogens with zero attached hydrogens (tertiary/aromatic N) is 3. The van der Waals surface area contributed by atoms with Gasteiger partial charge in [-0.15, -0.1) is 22.7 Å². The summed E-state index contributed by atoms with van der Waals surface area (Å²) in [6, 6.07) is 16.4. The fourth-order valence-electron chi connectivity index (χ4n) is 3.42. The van der Waals surface area contributed by atoms with E-state index in [0.29, 0.717) is 0 Å². The van der Waals surface area contributed by atoms with Gasteiger partial charge < -0.3 is 19.7 Å². The topological polar surface area (TPSA) is 59.5 Å². The fourth-order valence-corrected chi connectivity index (χ4v) is 4.99. The highest BCUT2D eigenvalue weighted by Gasteiger charge is 2.13. The normalized spacial score (nSPS) is 13.9. The number of ether oxygens (including phenoxy) is 2. The van der Waals surface area contributed by atoms with Crippen LogP contribution in [0, 0.1) is 0 Å². The average Bonchev–Trinajstić information content (AvgIpc) is 3.50. The summed E-state index contributed by atoms with van der Waals surface area (Å²) < 4.78 is 10.7. The van der Waals surface area contributed by atoms with Crippen molar-refractivity contribution in [3.05, 3.63) is 59.3 Å². The maximum absolute atomic E-state index is 5.43. The summed E-state index contributed by atoms with van der Waals surface area (Å²) in [5.41, 5.74) is 5.15. The minimum atomic E-state index is 0.791. The van der Waals surface area contributed by atoms with Crippen LogP contribution in [0.5, 0.6) is 5.75 Å². The minimum absolute atomic E-state index is 0.791. The maximum Gasteiger partial charge on any atom is 0.187 e. The van der Waals surface area contributed by atoms with Crippen LogP contribution in [0.1, 0.15) is 0 Å². The third kappa shape index (κ3) is 4.56. The maximum atomic E-state index is 5.43. The van der Waals surface area contributed by atoms with E-state index >= 15 is 0 Å². The van der Waals surface area contributed by atoms with E-state index in [-0.39, 0.29) is 0 Å². The van der Waals surface area contributed by atoms with Gasteiger partial charge in [-0.3, -0.25) is 0 Å². The Labute approximate surface area is 189 Å². The van der Waals surface area contributed by atoms with Crippen molar-refractivity contribution in [1.29, 1.82) is 0 Å². The molecule has 0 aliphatic carbocycles. The Bertz CT molecular complexity index is 1130. The zero-order valence-electron chi connectivity index (χ0n) is 17.1. The Morgan fingerprint density at radius 1 is 0.903 bits per heavy atom. The van der Waals surface area contributed by atoms with Gasteiger partial charge in [-0.1, -0.05) is 0 Å². The monoisotopic (exact) mass is 450 g/mol. The average molecular weight is 451 g/mol. The molecule has 6 nitrogen and oxygen atoms in total. The molecule has 8 heteroatoms. The molecular formula is C23H22N4O2S2. The zero-order valence-corrected chi connectivity index (χ0v) is 18.7. The molecule has 0 amide bonds. The number of methoxy groups -OCH3 is 1. The van der Waals surface area contributed by atoms with Crippen molar-refractivity contribution in [2.75, 3.05) is 43.6 Å². The molecule has 1 aliphatic heterocycles. The Morgan fingerprint density at radius 2 is 1.65 bits per heavy atom. The molecule has 0 atom stereocenters. The first-order valence-corrected chi connectivity index (χ1v) is 11.8. The standard InChI is InChI=1S/C23H22N4O2S2/c1-28-19-8-2-16(3-9-19)20-14-30-22(25-20)21-15-31-23(26-21)24-17-4-6-18(7-5-17)27-10-12-29-13-11-27/h2-9,14-15H,10-13H2,1H3,(H,24,26). The Balaban J connectivity index is 1.26. The largest absolute Gasteiger partial charge is 0.497 e. The van der Waals surface area contributed by atoms with Crippen molar-refractivity contribution in [3.8, 4) is 27.7 Å². The minimum Gasteiger partial charge on any atom is -0.497 e. The van der Waals surface area contributed by atoms with Crippen LogP contribution in [-0.2, 0) is 4.74 Å². The molecule has 1 fully saturated rings. The van der Waals surface area contributed by atoms with E-state index in [1.807, 2.05) is 29.6 Å². The van der Waals surface area contributed by atoms with Gasteiger partial charge in [0, 0.05) is 40.8 Å². The number of hydrogen-bond acceptors (Lipinski definition) is 8. The van der Waals surface area contributed by atoms with E-state index in [4.69, 9.17) is 19.4 Å². The SMILES string of the molecule is COc1ccc(-c2csc(-c3csc(Nc4ccc(N5CCOCC5)cc4)n3)n2)cc1. The molecule has 1 saturated heterocycles. The number of morpholine rings is 1. The van der Waals surface area contributed by atoms with Gasteiger partial charge in [-0.25, -0.2) is 9.97 Å². The Kier molecular flexibility index (Phi) is 5.84. The highest BCUT2D eigenvalue weighted by atomic mass is 32.1. The lowest BCUT2D eigenvalue weighted by molar-refractivity contribution is 0.122. The number of nitrogens with one attached hydrogen (secondary N) is 1. The molecule has 3 heterocycles. The van der Waals surface area contributed by atoms with Gasteiger partial charge in [0.05, 0.1) is 26.0 Å². The summed E-state index contributed by atoms with van der Waals surface area (Å²) in [4.78, 5) is 11.8. The second kappa shape index (κ2) is 9.05. The summed E-state index contributed by atoms with van der Waals surface area (Å²) in [6.45, 7) is 3.46. The van der Waals surface area contributed by atoms with Crippen LogP contribution in [0.3, 0.4) is 0 Å². The van der Waals surface area contributed by atoms with Crippen molar-refractivity contribution in [1.82, 2.24) is 9.97 Å². The second-order valence-corrected chi connectivity index (χ2v) is 8.79. The van der Waals surface area contributed by atoms with Crippen molar-refractivity contribution in [3.63, 3.8) is 0 Å². The van der Waals surface area contributed by atoms with Crippen LogP contribution in [0.25, 0.3) is 22.0 Å². The predicted octanol–water partition coefficient (Wildman–Crippen LogP) is 5.52. The van der Waals surface area contributed by atoms with Crippen LogP contribution in [0.4, 0.5) is 16.5 Å². The lowest BCUT2D eigenvalue weighted by Crippen LogP contribution is -2.36. The molecule has 1 N–H and O–H groups in total. The number of thiazole rings is 2. The summed E-state index contributed by atoms with van der Waals surface area (Å²) in [7, 11) is 1.67. The van der Waals surface area contributed by atoms with Crippen molar-refractivity contribution in [2.45, 2.75) is 0 Å². The summed E-state index contributed by atoms with van der Waals surface area (Å²) >= 11 is 3.19. The lowest BCUT2D eigenvalue weighted by Gasteiger charge is -2.28. The molecular weight excluding hydrogens is 428 g/mol. The third-order valence-corrected chi connectivity index (χ3v) is 6.73. The lowest BCUT2D eigenvalue weighted by atomic mass is 10.2. The van der Waals surface area contributed by atoms with E-state index < -0.39 is 0 Å². The van der Waals surface area contributed by atoms with Gasteiger partial charge in [0.1, 0.15) is 16.5 Å². The zero-order chi connectivity index (χ0) is 21.0. The Morgan fingerprint density at radius 3 is 2.39 bits per heavy atom. The molecule has 0 bridgehead atoms. The van der Waals surface area contributed by atoms with Gasteiger partial charge in [-0.05, 0) is 48.5 Å². The quantitative estimate of drug-likeness (QED) is 0.417. The van der Waals surface area contributed by atoms with E-state index in [0.717, 1.165) is 64.8 Å². The molecule has 0 saturated carbocycles. The second-order valence-electron chi connectivity index (χ2n) is 7.08. The van der Waals surface area contributed by atoms with Crippen LogP contribution in [0.2, 0.25) is 0 Å². The highest BCUT2D eigenvalue weighted by molar-refractivity contribution is 7.15. The fraction of sp³-hybridized carbons (Fsp3) is 0.217. The molecule has 4 aromatic rings. The van der Waals surface area contributed by atoms with Crippen LogP contribution in [0.15, 0.2) is 59.3 Å². The number of aromatic nitrogens is 2. The van der Waals surface area contributed by atoms with Crippen molar-refractivity contribution >= 4 is 39.2 Å². The van der Waals surface area contributed by atoms with E-state index in [2.05, 4.69) is 39.9 Å². The van der Waals surface area contributed by atoms with Gasteiger partial charge in [0.15, 0.2) is 5.13 Å². The predicted molar refractivity (Wildman–Crippen MR) is 128 cm³/mol. The molecule has 31 heavy (non-hydrogen) atoms. The van der Waals surface area contributed by atoms with Gasteiger partial charge >= 0.3 is 0 Å². The molecule has 158 valence electrons. The molecule has 2 aromatic heterocycles. The van der Waals surface area contributed by atoms with Gasteiger partial charge in [0.2, 0.25) is 0 Å². The first-order chi connectivity index (χ1) is 15.3. The summed E-state index contributed by atoms with van der Waals surface area (Å²) in [6.07, 6.45) is 0. The molecule has 0 radical (unpaired) electrons. The molecule has 2 aromatic carbocycles. The Hall–Kier alpha value is -2.94. The van der Waals surface area contributed by atoms with E-state index in [1.165, 1.54) is 5.69 Å². The van der Waals surface area contributed by atoms with Crippen molar-refractivity contribution in [2.24, 2.45) is 0 Å². The van der Waals surface area contributed by atoms with Crippen molar-refractivity contribution < 1.29 is 9.47 Å². The first kappa shape index (κ1) is 20.0. The van der Waals surface area contributed by atoms with Gasteiger partial charge in [-0.2, -0.15) is 0 Å². The number of benzene rings is 2. The van der Waals surface area contributed by atoms with Crippen LogP contribution < -0.4 is 15.0 Å². The first-order valence-electron chi connectivity index (χ1n) is 10.0. The van der Waals surface area contributed by atoms with E-state index in [9.17, 15) is 0 Å². The van der Waals surface area contributed by atoms with Crippen LogP contribution >= 0.6 is 22.7 Å².